The number of hydrogen-bond acceptors (Lipinski definition) is 3. The van der Waals surface area contributed by atoms with Gasteiger partial charge in [-0.2, -0.15) is 0 Å². The Hall–Kier alpha value is -2.23. The number of hydrogen-bond donors (Lipinski definition) is 2. The Kier molecular flexibility index (Phi) is 5.04. The van der Waals surface area contributed by atoms with Gasteiger partial charge in [0.25, 0.3) is 0 Å². The molecule has 2 N–H and O–H groups in total. The molecule has 0 aromatic heterocycles. The molecule has 2 rings (SSSR count). The summed E-state index contributed by atoms with van der Waals surface area (Å²) in [5.74, 6) is 0.0934. The molecule has 2 aromatic rings. The fourth-order valence-corrected chi connectivity index (χ4v) is 2.25. The van der Waals surface area contributed by atoms with E-state index in [-0.39, 0.29) is 17.5 Å². The van der Waals surface area contributed by atoms with Crippen LogP contribution in [0, 0.1) is 5.82 Å². The molecule has 0 heterocycles. The summed E-state index contributed by atoms with van der Waals surface area (Å²) in [6, 6.07) is 11.9. The van der Waals surface area contributed by atoms with Gasteiger partial charge < -0.3 is 15.2 Å². The lowest BCUT2D eigenvalue weighted by atomic mass is 10.0. The van der Waals surface area contributed by atoms with Crippen LogP contribution in [-0.4, -0.2) is 11.7 Å². The number of halogens is 1. The second-order valence-electron chi connectivity index (χ2n) is 4.74. The Morgan fingerprint density at radius 2 is 1.95 bits per heavy atom. The maximum absolute atomic E-state index is 13.9. The Bertz CT molecular complexity index is 601. The minimum absolute atomic E-state index is 0.0801. The van der Waals surface area contributed by atoms with Crippen molar-refractivity contribution in [2.75, 3.05) is 11.9 Å². The standard InChI is InChI=1S/C17H20FNO2/c1-3-15(13-7-5-6-8-16(13)20)19-12-9-10-17(21-4-2)14(18)11-12/h5-11,15,19-20H,3-4H2,1-2H3. The zero-order valence-electron chi connectivity index (χ0n) is 12.3. The van der Waals surface area contributed by atoms with Crippen LogP contribution in [0.25, 0.3) is 0 Å². The number of anilines is 1. The third kappa shape index (κ3) is 3.66. The van der Waals surface area contributed by atoms with Gasteiger partial charge in [0.05, 0.1) is 12.6 Å². The third-order valence-electron chi connectivity index (χ3n) is 3.29. The fourth-order valence-electron chi connectivity index (χ4n) is 2.25. The smallest absolute Gasteiger partial charge is 0.167 e. The normalized spacial score (nSPS) is 12.0. The predicted octanol–water partition coefficient (Wildman–Crippen LogP) is 4.49. The van der Waals surface area contributed by atoms with Crippen molar-refractivity contribution in [3.05, 3.63) is 53.8 Å². The average Bonchev–Trinajstić information content (AvgIpc) is 2.48. The molecule has 21 heavy (non-hydrogen) atoms. The van der Waals surface area contributed by atoms with E-state index < -0.39 is 5.82 Å². The average molecular weight is 289 g/mol. The minimum Gasteiger partial charge on any atom is -0.508 e. The van der Waals surface area contributed by atoms with Crippen LogP contribution in [0.1, 0.15) is 31.9 Å². The lowest BCUT2D eigenvalue weighted by Crippen LogP contribution is -2.10. The molecule has 0 saturated heterocycles. The summed E-state index contributed by atoms with van der Waals surface area (Å²) in [4.78, 5) is 0. The molecule has 3 nitrogen and oxygen atoms in total. The van der Waals surface area contributed by atoms with Crippen LogP contribution in [0.4, 0.5) is 10.1 Å². The van der Waals surface area contributed by atoms with Gasteiger partial charge in [-0.05, 0) is 31.5 Å². The predicted molar refractivity (Wildman–Crippen MR) is 82.3 cm³/mol. The molecule has 0 saturated carbocycles. The molecular weight excluding hydrogens is 269 g/mol. The van der Waals surface area contributed by atoms with E-state index in [1.807, 2.05) is 26.0 Å². The molecule has 0 radical (unpaired) electrons. The molecule has 0 spiro atoms. The maximum Gasteiger partial charge on any atom is 0.167 e. The second-order valence-corrected chi connectivity index (χ2v) is 4.74. The molecule has 2 aromatic carbocycles. The van der Waals surface area contributed by atoms with Crippen molar-refractivity contribution >= 4 is 5.69 Å². The van der Waals surface area contributed by atoms with Crippen molar-refractivity contribution in [3.8, 4) is 11.5 Å². The summed E-state index contributed by atoms with van der Waals surface area (Å²) in [7, 11) is 0. The van der Waals surface area contributed by atoms with Gasteiger partial charge in [-0.3, -0.25) is 0 Å². The molecule has 112 valence electrons. The molecule has 4 heteroatoms. The molecule has 0 aliphatic rings. The first-order valence-corrected chi connectivity index (χ1v) is 7.12. The van der Waals surface area contributed by atoms with Crippen molar-refractivity contribution in [1.29, 1.82) is 0 Å². The molecule has 0 bridgehead atoms. The van der Waals surface area contributed by atoms with E-state index in [2.05, 4.69) is 5.32 Å². The number of rotatable bonds is 6. The molecule has 0 aliphatic carbocycles. The summed E-state index contributed by atoms with van der Waals surface area (Å²) in [5, 5.41) is 13.2. The number of para-hydroxylation sites is 1. The molecule has 0 fully saturated rings. The Morgan fingerprint density at radius 3 is 2.57 bits per heavy atom. The maximum atomic E-state index is 13.9. The highest BCUT2D eigenvalue weighted by molar-refractivity contribution is 5.50. The van der Waals surface area contributed by atoms with Crippen molar-refractivity contribution in [1.82, 2.24) is 0 Å². The van der Waals surface area contributed by atoms with Crippen LogP contribution in [0.3, 0.4) is 0 Å². The summed E-state index contributed by atoms with van der Waals surface area (Å²) in [5.41, 5.74) is 1.46. The monoisotopic (exact) mass is 289 g/mol. The first-order valence-electron chi connectivity index (χ1n) is 7.12. The molecule has 1 unspecified atom stereocenters. The molecule has 0 aliphatic heterocycles. The largest absolute Gasteiger partial charge is 0.508 e. The summed E-state index contributed by atoms with van der Waals surface area (Å²) in [6.45, 7) is 4.26. The van der Waals surface area contributed by atoms with Crippen LogP contribution < -0.4 is 10.1 Å². The van der Waals surface area contributed by atoms with Crippen LogP contribution >= 0.6 is 0 Å². The highest BCUT2D eigenvalue weighted by atomic mass is 19.1. The zero-order chi connectivity index (χ0) is 15.2. The second kappa shape index (κ2) is 6.97. The number of benzene rings is 2. The molecular formula is C17H20FNO2. The van der Waals surface area contributed by atoms with Crippen LogP contribution in [0.5, 0.6) is 11.5 Å². The lowest BCUT2D eigenvalue weighted by molar-refractivity contribution is 0.321. The fraction of sp³-hybridized carbons (Fsp3) is 0.294. The van der Waals surface area contributed by atoms with E-state index in [4.69, 9.17) is 4.74 Å². The van der Waals surface area contributed by atoms with Crippen molar-refractivity contribution in [2.24, 2.45) is 0 Å². The van der Waals surface area contributed by atoms with Crippen LogP contribution in [0.2, 0.25) is 0 Å². The van der Waals surface area contributed by atoms with E-state index in [0.29, 0.717) is 12.3 Å². The van der Waals surface area contributed by atoms with Crippen molar-refractivity contribution in [3.63, 3.8) is 0 Å². The van der Waals surface area contributed by atoms with Gasteiger partial charge in [0.15, 0.2) is 11.6 Å². The Morgan fingerprint density at radius 1 is 1.19 bits per heavy atom. The lowest BCUT2D eigenvalue weighted by Gasteiger charge is -2.20. The molecule has 1 atom stereocenters. The van der Waals surface area contributed by atoms with E-state index in [0.717, 1.165) is 12.0 Å². The number of aromatic hydroxyl groups is 1. The van der Waals surface area contributed by atoms with E-state index in [1.165, 1.54) is 6.07 Å². The first kappa shape index (κ1) is 15.2. The number of phenolic OH excluding ortho intramolecular Hbond substituents is 1. The van der Waals surface area contributed by atoms with Crippen molar-refractivity contribution in [2.45, 2.75) is 26.3 Å². The van der Waals surface area contributed by atoms with Gasteiger partial charge in [0, 0.05) is 17.3 Å². The van der Waals surface area contributed by atoms with E-state index >= 15 is 0 Å². The van der Waals surface area contributed by atoms with Crippen LogP contribution in [0.15, 0.2) is 42.5 Å². The Labute approximate surface area is 124 Å². The SMILES string of the molecule is CCOc1ccc(NC(CC)c2ccccc2O)cc1F. The number of nitrogens with one attached hydrogen (secondary N) is 1. The third-order valence-corrected chi connectivity index (χ3v) is 3.29. The van der Waals surface area contributed by atoms with Gasteiger partial charge >= 0.3 is 0 Å². The highest BCUT2D eigenvalue weighted by Crippen LogP contribution is 2.30. The minimum atomic E-state index is -0.394. The highest BCUT2D eigenvalue weighted by Gasteiger charge is 2.14. The summed E-state index contributed by atoms with van der Waals surface area (Å²) in [6.07, 6.45) is 0.770. The zero-order valence-corrected chi connectivity index (χ0v) is 12.3. The first-order chi connectivity index (χ1) is 10.2. The summed E-state index contributed by atoms with van der Waals surface area (Å²) >= 11 is 0. The Balaban J connectivity index is 2.19. The van der Waals surface area contributed by atoms with Gasteiger partial charge in [-0.15, -0.1) is 0 Å². The topological polar surface area (TPSA) is 41.5 Å². The van der Waals surface area contributed by atoms with Crippen LogP contribution in [-0.2, 0) is 0 Å². The van der Waals surface area contributed by atoms with Crippen molar-refractivity contribution < 1.29 is 14.2 Å². The summed E-state index contributed by atoms with van der Waals surface area (Å²) < 4.78 is 19.0. The molecule has 0 amide bonds. The van der Waals surface area contributed by atoms with E-state index in [1.54, 1.807) is 24.3 Å². The number of phenols is 1. The number of ether oxygens (including phenoxy) is 1. The van der Waals surface area contributed by atoms with Gasteiger partial charge in [0.2, 0.25) is 0 Å². The van der Waals surface area contributed by atoms with Gasteiger partial charge in [-0.1, -0.05) is 25.1 Å². The van der Waals surface area contributed by atoms with Gasteiger partial charge in [0.1, 0.15) is 5.75 Å². The quantitative estimate of drug-likeness (QED) is 0.823. The van der Waals surface area contributed by atoms with Gasteiger partial charge in [-0.25, -0.2) is 4.39 Å². The van der Waals surface area contributed by atoms with E-state index in [9.17, 15) is 9.50 Å².